The number of hydrogen-bond acceptors (Lipinski definition) is 7. The summed E-state index contributed by atoms with van der Waals surface area (Å²) in [6.07, 6.45) is 3.60. The largest absolute Gasteiger partial charge is 0.374 e. The van der Waals surface area contributed by atoms with Gasteiger partial charge in [-0.1, -0.05) is 17.4 Å². The number of nitrogens with zero attached hydrogens (tertiary/aromatic N) is 5. The molecule has 1 amide bonds. The Morgan fingerprint density at radius 1 is 1.50 bits per heavy atom. The van der Waals surface area contributed by atoms with E-state index in [4.69, 9.17) is 11.0 Å². The second-order valence-electron chi connectivity index (χ2n) is 3.94. The van der Waals surface area contributed by atoms with Crippen LogP contribution < -0.4 is 5.73 Å². The molecule has 0 fully saturated rings. The van der Waals surface area contributed by atoms with E-state index in [0.29, 0.717) is 13.1 Å². The van der Waals surface area contributed by atoms with E-state index >= 15 is 0 Å². The van der Waals surface area contributed by atoms with Gasteiger partial charge in [0.25, 0.3) is 5.91 Å². The third-order valence-corrected chi connectivity index (χ3v) is 3.24. The van der Waals surface area contributed by atoms with Crippen LogP contribution in [0.1, 0.15) is 21.8 Å². The molecule has 0 radical (unpaired) electrons. The first kappa shape index (κ1) is 13.9. The van der Waals surface area contributed by atoms with Crippen molar-refractivity contribution in [2.24, 2.45) is 0 Å². The van der Waals surface area contributed by atoms with Crippen molar-refractivity contribution >= 4 is 22.4 Å². The maximum Gasteiger partial charge on any atom is 0.285 e. The molecule has 2 heterocycles. The molecule has 0 bridgehead atoms. The van der Waals surface area contributed by atoms with E-state index in [1.165, 1.54) is 0 Å². The molecule has 0 aliphatic carbocycles. The normalized spacial score (nSPS) is 9.95. The number of anilines is 1. The first-order chi connectivity index (χ1) is 9.70. The Hall–Kier alpha value is -2.53. The number of nitrogens with two attached hydrogens (primary N) is 1. The van der Waals surface area contributed by atoms with Crippen LogP contribution in [0.25, 0.3) is 0 Å². The van der Waals surface area contributed by atoms with E-state index in [2.05, 4.69) is 15.2 Å². The fraction of sp³-hybridized carbons (Fsp3) is 0.250. The molecule has 2 N–H and O–H groups in total. The van der Waals surface area contributed by atoms with Crippen LogP contribution in [-0.2, 0) is 6.54 Å². The summed E-state index contributed by atoms with van der Waals surface area (Å²) in [6.45, 7) is 0.692. The van der Waals surface area contributed by atoms with Gasteiger partial charge in [-0.25, -0.2) is 0 Å². The summed E-state index contributed by atoms with van der Waals surface area (Å²) in [6, 6.07) is 5.69. The molecule has 0 atom stereocenters. The number of nitrogen functional groups attached to an aromatic ring is 1. The summed E-state index contributed by atoms with van der Waals surface area (Å²) in [4.78, 5) is 17.9. The van der Waals surface area contributed by atoms with Gasteiger partial charge in [0.1, 0.15) is 0 Å². The van der Waals surface area contributed by atoms with Gasteiger partial charge in [0.2, 0.25) is 10.1 Å². The van der Waals surface area contributed by atoms with Crippen molar-refractivity contribution in [3.05, 3.63) is 35.1 Å². The van der Waals surface area contributed by atoms with Crippen LogP contribution >= 0.6 is 11.3 Å². The second kappa shape index (κ2) is 6.58. The lowest BCUT2D eigenvalue weighted by atomic mass is 10.2. The summed E-state index contributed by atoms with van der Waals surface area (Å²) in [5, 5.41) is 16.5. The van der Waals surface area contributed by atoms with E-state index in [9.17, 15) is 4.79 Å². The highest BCUT2D eigenvalue weighted by atomic mass is 32.1. The highest BCUT2D eigenvalue weighted by Crippen LogP contribution is 2.15. The summed E-state index contributed by atoms with van der Waals surface area (Å²) in [7, 11) is 0. The molecule has 0 spiro atoms. The minimum absolute atomic E-state index is 0.226. The molecule has 0 saturated carbocycles. The smallest absolute Gasteiger partial charge is 0.285 e. The molecule has 8 heteroatoms. The number of aromatic nitrogens is 3. The summed E-state index contributed by atoms with van der Waals surface area (Å²) in [5.74, 6) is -0.279. The predicted molar refractivity (Wildman–Crippen MR) is 73.5 cm³/mol. The molecule has 7 nitrogen and oxygen atoms in total. The van der Waals surface area contributed by atoms with Gasteiger partial charge in [-0.05, 0) is 11.6 Å². The van der Waals surface area contributed by atoms with Crippen molar-refractivity contribution < 1.29 is 4.79 Å². The molecule has 102 valence electrons. The average molecular weight is 288 g/mol. The Balaban J connectivity index is 2.15. The number of hydrogen-bond donors (Lipinski definition) is 1. The van der Waals surface area contributed by atoms with Crippen LogP contribution in [0, 0.1) is 11.3 Å². The standard InChI is InChI=1S/C12H12N6OS/c13-4-2-6-18(8-9-3-1-5-15-7-9)11(19)10-16-17-12(14)20-10/h1,3,5,7H,2,6,8H2,(H2,14,17). The monoisotopic (exact) mass is 288 g/mol. The fourth-order valence-electron chi connectivity index (χ4n) is 1.61. The van der Waals surface area contributed by atoms with Gasteiger partial charge in [0.05, 0.1) is 12.5 Å². The Morgan fingerprint density at radius 2 is 2.35 bits per heavy atom. The molecule has 0 unspecified atom stereocenters. The van der Waals surface area contributed by atoms with Gasteiger partial charge in [0.15, 0.2) is 0 Å². The van der Waals surface area contributed by atoms with Crippen molar-refractivity contribution in [3.63, 3.8) is 0 Å². The zero-order valence-corrected chi connectivity index (χ0v) is 11.4. The lowest BCUT2D eigenvalue weighted by molar-refractivity contribution is 0.0745. The number of nitriles is 1. The van der Waals surface area contributed by atoms with E-state index < -0.39 is 0 Å². The quantitative estimate of drug-likeness (QED) is 0.881. The van der Waals surface area contributed by atoms with Crippen molar-refractivity contribution in [1.29, 1.82) is 5.26 Å². The van der Waals surface area contributed by atoms with Crippen LogP contribution in [0.3, 0.4) is 0 Å². The van der Waals surface area contributed by atoms with Crippen LogP contribution in [0.2, 0.25) is 0 Å². The number of amides is 1. The molecule has 2 aromatic rings. The summed E-state index contributed by atoms with van der Waals surface area (Å²) >= 11 is 1.03. The van der Waals surface area contributed by atoms with Crippen LogP contribution in [-0.4, -0.2) is 32.5 Å². The van der Waals surface area contributed by atoms with Crippen molar-refractivity contribution in [1.82, 2.24) is 20.1 Å². The zero-order chi connectivity index (χ0) is 14.4. The zero-order valence-electron chi connectivity index (χ0n) is 10.6. The lowest BCUT2D eigenvalue weighted by Gasteiger charge is -2.20. The molecule has 0 aliphatic heterocycles. The van der Waals surface area contributed by atoms with Gasteiger partial charge < -0.3 is 10.6 Å². The Bertz CT molecular complexity index is 620. The van der Waals surface area contributed by atoms with Gasteiger partial charge >= 0.3 is 0 Å². The molecule has 0 aromatic carbocycles. The average Bonchev–Trinajstić information content (AvgIpc) is 2.90. The van der Waals surface area contributed by atoms with Crippen molar-refractivity contribution in [3.8, 4) is 6.07 Å². The first-order valence-corrected chi connectivity index (χ1v) is 6.66. The van der Waals surface area contributed by atoms with E-state index in [0.717, 1.165) is 16.9 Å². The second-order valence-corrected chi connectivity index (χ2v) is 4.95. The SMILES string of the molecule is N#CCCN(Cc1cccnc1)C(=O)c1nnc(N)s1. The highest BCUT2D eigenvalue weighted by Gasteiger charge is 2.20. The van der Waals surface area contributed by atoms with Gasteiger partial charge in [-0.3, -0.25) is 9.78 Å². The molecule has 0 aliphatic rings. The number of rotatable bonds is 5. The maximum absolute atomic E-state index is 12.3. The molecular formula is C12H12N6OS. The van der Waals surface area contributed by atoms with E-state index in [1.54, 1.807) is 23.4 Å². The summed E-state index contributed by atoms with van der Waals surface area (Å²) in [5.41, 5.74) is 6.37. The lowest BCUT2D eigenvalue weighted by Crippen LogP contribution is -2.31. The number of carbonyl (C=O) groups excluding carboxylic acids is 1. The molecular weight excluding hydrogens is 276 g/mol. The fourth-order valence-corrected chi connectivity index (χ4v) is 2.18. The Morgan fingerprint density at radius 3 is 2.95 bits per heavy atom. The van der Waals surface area contributed by atoms with Crippen LogP contribution in [0.4, 0.5) is 5.13 Å². The van der Waals surface area contributed by atoms with Crippen molar-refractivity contribution in [2.45, 2.75) is 13.0 Å². The molecule has 0 saturated heterocycles. The third-order valence-electron chi connectivity index (χ3n) is 2.50. The molecule has 20 heavy (non-hydrogen) atoms. The predicted octanol–water partition coefficient (Wildman–Crippen LogP) is 1.07. The topological polar surface area (TPSA) is 109 Å². The Labute approximate surface area is 119 Å². The van der Waals surface area contributed by atoms with Gasteiger partial charge in [-0.2, -0.15) is 5.26 Å². The minimum Gasteiger partial charge on any atom is -0.374 e. The minimum atomic E-state index is -0.279. The number of carbonyl (C=O) groups is 1. The molecule has 2 rings (SSSR count). The Kier molecular flexibility index (Phi) is 4.57. The van der Waals surface area contributed by atoms with Crippen molar-refractivity contribution in [2.75, 3.05) is 12.3 Å². The number of pyridine rings is 1. The van der Waals surface area contributed by atoms with E-state index in [-0.39, 0.29) is 22.5 Å². The van der Waals surface area contributed by atoms with Gasteiger partial charge in [0, 0.05) is 25.5 Å². The first-order valence-electron chi connectivity index (χ1n) is 5.85. The summed E-state index contributed by atoms with van der Waals surface area (Å²) < 4.78 is 0. The van der Waals surface area contributed by atoms with E-state index in [1.807, 2.05) is 12.1 Å². The molecule has 2 aromatic heterocycles. The highest BCUT2D eigenvalue weighted by molar-refractivity contribution is 7.16. The third kappa shape index (κ3) is 3.49. The van der Waals surface area contributed by atoms with Crippen LogP contribution in [0.5, 0.6) is 0 Å². The van der Waals surface area contributed by atoms with Gasteiger partial charge in [-0.15, -0.1) is 10.2 Å². The maximum atomic E-state index is 12.3. The van der Waals surface area contributed by atoms with Crippen LogP contribution in [0.15, 0.2) is 24.5 Å².